The van der Waals surface area contributed by atoms with E-state index < -0.39 is 11.7 Å². The number of ketones is 1. The van der Waals surface area contributed by atoms with Crippen molar-refractivity contribution in [3.63, 3.8) is 0 Å². The summed E-state index contributed by atoms with van der Waals surface area (Å²) in [5.41, 5.74) is -0.0848. The molecule has 0 spiro atoms. The van der Waals surface area contributed by atoms with Crippen molar-refractivity contribution in [2.24, 2.45) is 5.92 Å². The van der Waals surface area contributed by atoms with Crippen LogP contribution in [0.2, 0.25) is 0 Å². The quantitative estimate of drug-likeness (QED) is 0.844. The Bertz CT molecular complexity index is 451. The maximum Gasteiger partial charge on any atom is 0.416 e. The third kappa shape index (κ3) is 3.35. The van der Waals surface area contributed by atoms with Crippen molar-refractivity contribution in [3.05, 3.63) is 35.4 Å². The molecule has 1 aromatic carbocycles. The number of benzene rings is 1. The second-order valence-corrected chi connectivity index (χ2v) is 4.81. The van der Waals surface area contributed by atoms with E-state index in [4.69, 9.17) is 4.74 Å². The van der Waals surface area contributed by atoms with Gasteiger partial charge in [0.2, 0.25) is 0 Å². The zero-order chi connectivity index (χ0) is 14.0. The minimum Gasteiger partial charge on any atom is -0.378 e. The minimum absolute atomic E-state index is 0.0322. The van der Waals surface area contributed by atoms with Crippen LogP contribution in [-0.4, -0.2) is 18.5 Å². The van der Waals surface area contributed by atoms with Crippen LogP contribution in [0.25, 0.3) is 0 Å². The Labute approximate surface area is 109 Å². The van der Waals surface area contributed by atoms with Crippen molar-refractivity contribution in [3.8, 4) is 0 Å². The zero-order valence-electron chi connectivity index (χ0n) is 10.5. The molecular weight excluding hydrogens is 257 g/mol. The Kier molecular flexibility index (Phi) is 3.94. The number of carbonyl (C=O) groups excluding carboxylic acids is 1. The zero-order valence-corrected chi connectivity index (χ0v) is 10.5. The summed E-state index contributed by atoms with van der Waals surface area (Å²) < 4.78 is 42.5. The Morgan fingerprint density at radius 1 is 1.32 bits per heavy atom. The number of alkyl halides is 3. The summed E-state index contributed by atoms with van der Waals surface area (Å²) in [4.78, 5) is 12.0. The topological polar surface area (TPSA) is 26.3 Å². The fourth-order valence-electron chi connectivity index (χ4n) is 2.30. The molecule has 0 bridgehead atoms. The van der Waals surface area contributed by atoms with Gasteiger partial charge in [0.05, 0.1) is 11.7 Å². The first-order valence-corrected chi connectivity index (χ1v) is 6.18. The third-order valence-electron chi connectivity index (χ3n) is 3.45. The van der Waals surface area contributed by atoms with Crippen molar-refractivity contribution >= 4 is 5.78 Å². The molecule has 0 saturated carbocycles. The first-order valence-electron chi connectivity index (χ1n) is 6.18. The van der Waals surface area contributed by atoms with Crippen LogP contribution in [0.1, 0.15) is 24.5 Å². The predicted octanol–water partition coefficient (Wildman–Crippen LogP) is 3.24. The third-order valence-corrected chi connectivity index (χ3v) is 3.45. The van der Waals surface area contributed by atoms with E-state index in [1.165, 1.54) is 12.1 Å². The molecule has 1 aromatic rings. The average molecular weight is 272 g/mol. The highest BCUT2D eigenvalue weighted by Gasteiger charge is 2.31. The first-order chi connectivity index (χ1) is 8.88. The van der Waals surface area contributed by atoms with E-state index in [1.54, 1.807) is 0 Å². The van der Waals surface area contributed by atoms with Gasteiger partial charge in [0.1, 0.15) is 5.78 Å². The molecule has 1 aliphatic rings. The van der Waals surface area contributed by atoms with Gasteiger partial charge in [-0.2, -0.15) is 13.2 Å². The van der Waals surface area contributed by atoms with Crippen LogP contribution in [0, 0.1) is 5.92 Å². The number of Topliss-reactive ketones (excluding diaryl/α,β-unsaturated/α-hetero) is 1. The molecule has 2 nitrogen and oxygen atoms in total. The van der Waals surface area contributed by atoms with Crippen LogP contribution < -0.4 is 0 Å². The van der Waals surface area contributed by atoms with E-state index >= 15 is 0 Å². The molecule has 0 N–H and O–H groups in total. The smallest absolute Gasteiger partial charge is 0.378 e. The van der Waals surface area contributed by atoms with Crippen LogP contribution in [0.4, 0.5) is 13.2 Å². The summed E-state index contributed by atoms with van der Waals surface area (Å²) in [5, 5.41) is 0. The summed E-state index contributed by atoms with van der Waals surface area (Å²) in [6.45, 7) is 2.42. The van der Waals surface area contributed by atoms with Crippen LogP contribution in [0.5, 0.6) is 0 Å². The number of carbonyl (C=O) groups is 1. The summed E-state index contributed by atoms with van der Waals surface area (Å²) in [7, 11) is 0. The van der Waals surface area contributed by atoms with Gasteiger partial charge >= 0.3 is 6.18 Å². The number of rotatable bonds is 3. The van der Waals surface area contributed by atoms with Crippen LogP contribution >= 0.6 is 0 Å². The van der Waals surface area contributed by atoms with Crippen LogP contribution in [-0.2, 0) is 22.1 Å². The maximum absolute atomic E-state index is 12.4. The van der Waals surface area contributed by atoms with Gasteiger partial charge < -0.3 is 4.74 Å². The first kappa shape index (κ1) is 14.1. The van der Waals surface area contributed by atoms with Gasteiger partial charge in [-0.1, -0.05) is 12.1 Å². The summed E-state index contributed by atoms with van der Waals surface area (Å²) >= 11 is 0. The largest absolute Gasteiger partial charge is 0.416 e. The fraction of sp³-hybridized carbons (Fsp3) is 0.500. The maximum atomic E-state index is 12.4. The second kappa shape index (κ2) is 5.33. The molecule has 2 rings (SSSR count). The normalized spacial score (nSPS) is 23.6. The molecule has 1 aliphatic heterocycles. The number of hydrogen-bond donors (Lipinski definition) is 0. The molecule has 0 aliphatic carbocycles. The van der Waals surface area contributed by atoms with Crippen molar-refractivity contribution < 1.29 is 22.7 Å². The lowest BCUT2D eigenvalue weighted by Crippen LogP contribution is -2.23. The standard InChI is InChI=1S/C14H15F3O2/c1-9-12(6-7-19-9)13(18)8-10-2-4-11(5-3-10)14(15,16)17/h2-5,9,12H,6-8H2,1H3. The highest BCUT2D eigenvalue weighted by Crippen LogP contribution is 2.29. The Hall–Kier alpha value is -1.36. The highest BCUT2D eigenvalue weighted by molar-refractivity contribution is 5.84. The van der Waals surface area contributed by atoms with Crippen molar-refractivity contribution in [1.29, 1.82) is 0 Å². The molecule has 104 valence electrons. The van der Waals surface area contributed by atoms with E-state index in [2.05, 4.69) is 0 Å². The van der Waals surface area contributed by atoms with Crippen molar-refractivity contribution in [1.82, 2.24) is 0 Å². The molecule has 0 radical (unpaired) electrons. The second-order valence-electron chi connectivity index (χ2n) is 4.81. The van der Waals surface area contributed by atoms with Gasteiger partial charge in [-0.3, -0.25) is 4.79 Å². The van der Waals surface area contributed by atoms with E-state index in [0.717, 1.165) is 12.1 Å². The van der Waals surface area contributed by atoms with Gasteiger partial charge in [-0.05, 0) is 31.0 Å². The van der Waals surface area contributed by atoms with Gasteiger partial charge in [0, 0.05) is 18.9 Å². The molecule has 1 saturated heterocycles. The van der Waals surface area contributed by atoms with E-state index in [9.17, 15) is 18.0 Å². The average Bonchev–Trinajstić information content (AvgIpc) is 2.75. The Morgan fingerprint density at radius 2 is 1.95 bits per heavy atom. The fourth-order valence-corrected chi connectivity index (χ4v) is 2.30. The number of ether oxygens (including phenoxy) is 1. The lowest BCUT2D eigenvalue weighted by molar-refractivity contribution is -0.137. The summed E-state index contributed by atoms with van der Waals surface area (Å²) in [6, 6.07) is 4.75. The molecular formula is C14H15F3O2. The molecule has 0 aromatic heterocycles. The lowest BCUT2D eigenvalue weighted by atomic mass is 9.92. The van der Waals surface area contributed by atoms with Crippen molar-refractivity contribution in [2.45, 2.75) is 32.0 Å². The SMILES string of the molecule is CC1OCCC1C(=O)Cc1ccc(C(F)(F)F)cc1. The van der Waals surface area contributed by atoms with Crippen molar-refractivity contribution in [2.75, 3.05) is 6.61 Å². The number of hydrogen-bond acceptors (Lipinski definition) is 2. The molecule has 2 unspecified atom stereocenters. The predicted molar refractivity (Wildman–Crippen MR) is 63.7 cm³/mol. The molecule has 1 heterocycles. The summed E-state index contributed by atoms with van der Waals surface area (Å²) in [6.07, 6.45) is -3.57. The van der Waals surface area contributed by atoms with Crippen LogP contribution in [0.3, 0.4) is 0 Å². The number of halogens is 3. The minimum atomic E-state index is -4.34. The van der Waals surface area contributed by atoms with Gasteiger partial charge in [0.15, 0.2) is 0 Å². The van der Waals surface area contributed by atoms with Gasteiger partial charge in [-0.25, -0.2) is 0 Å². The molecule has 0 amide bonds. The Morgan fingerprint density at radius 3 is 2.42 bits per heavy atom. The summed E-state index contributed by atoms with van der Waals surface area (Å²) in [5.74, 6) is -0.105. The highest BCUT2D eigenvalue weighted by atomic mass is 19.4. The molecule has 1 fully saturated rings. The lowest BCUT2D eigenvalue weighted by Gasteiger charge is -2.13. The Balaban J connectivity index is 2.02. The molecule has 5 heteroatoms. The monoisotopic (exact) mass is 272 g/mol. The van der Waals surface area contributed by atoms with Gasteiger partial charge in [-0.15, -0.1) is 0 Å². The molecule has 19 heavy (non-hydrogen) atoms. The van der Waals surface area contributed by atoms with Gasteiger partial charge in [0.25, 0.3) is 0 Å². The van der Waals surface area contributed by atoms with E-state index in [-0.39, 0.29) is 24.2 Å². The van der Waals surface area contributed by atoms with E-state index in [0.29, 0.717) is 18.6 Å². The van der Waals surface area contributed by atoms with E-state index in [1.807, 2.05) is 6.92 Å². The van der Waals surface area contributed by atoms with Crippen LogP contribution in [0.15, 0.2) is 24.3 Å². The molecule has 2 atom stereocenters.